The summed E-state index contributed by atoms with van der Waals surface area (Å²) in [7, 11) is 0. The van der Waals surface area contributed by atoms with Gasteiger partial charge in [0.1, 0.15) is 12.4 Å². The quantitative estimate of drug-likeness (QED) is 0.654. The molecule has 146 valence electrons. The van der Waals surface area contributed by atoms with Gasteiger partial charge in [-0.15, -0.1) is 0 Å². The number of carbonyl (C=O) groups is 1. The Bertz CT molecular complexity index is 1140. The lowest BCUT2D eigenvalue weighted by molar-refractivity contribution is -0.116. The maximum Gasteiger partial charge on any atom is 0.270 e. The summed E-state index contributed by atoms with van der Waals surface area (Å²) in [5, 5.41) is 3.22. The molecule has 0 unspecified atom stereocenters. The van der Waals surface area contributed by atoms with E-state index in [1.54, 1.807) is 19.1 Å². The number of nitrogens with one attached hydrogen (secondary N) is 1. The van der Waals surface area contributed by atoms with E-state index in [2.05, 4.69) is 10.3 Å². The first-order valence-corrected chi connectivity index (χ1v) is 8.96. The number of amides is 1. The number of alkyl halides is 2. The standard InChI is InChI=1S/C19H15Cl2F2N3O2/c1-10-24-15-6-4-12(20)8-13(15)18(28)26(10)9-17(27)25-16-7-11(19(2,22)23)3-5-14(16)21/h3-8H,9H2,1-2H3,(H,25,27). The SMILES string of the molecule is Cc1nc2ccc(Cl)cc2c(=O)n1CC(=O)Nc1cc(C(C)(F)F)ccc1Cl. The van der Waals surface area contributed by atoms with Crippen molar-refractivity contribution in [3.63, 3.8) is 0 Å². The fourth-order valence-electron chi connectivity index (χ4n) is 2.72. The number of anilines is 1. The molecule has 0 aliphatic carbocycles. The summed E-state index contributed by atoms with van der Waals surface area (Å²) in [6, 6.07) is 8.28. The Balaban J connectivity index is 1.91. The van der Waals surface area contributed by atoms with Crippen LogP contribution in [0, 0.1) is 6.92 Å². The van der Waals surface area contributed by atoms with E-state index in [4.69, 9.17) is 23.2 Å². The first-order valence-electron chi connectivity index (χ1n) is 8.20. The fourth-order valence-corrected chi connectivity index (χ4v) is 3.05. The Hall–Kier alpha value is -2.51. The Labute approximate surface area is 168 Å². The third-order valence-electron chi connectivity index (χ3n) is 4.16. The molecule has 9 heteroatoms. The van der Waals surface area contributed by atoms with Crippen LogP contribution in [0.15, 0.2) is 41.2 Å². The van der Waals surface area contributed by atoms with Crippen LogP contribution in [0.5, 0.6) is 0 Å². The molecule has 3 rings (SSSR count). The first kappa shape index (κ1) is 20.2. The van der Waals surface area contributed by atoms with E-state index in [0.717, 1.165) is 13.0 Å². The smallest absolute Gasteiger partial charge is 0.270 e. The summed E-state index contributed by atoms with van der Waals surface area (Å²) in [6.07, 6.45) is 0. The van der Waals surface area contributed by atoms with Gasteiger partial charge in [0.2, 0.25) is 5.91 Å². The molecule has 0 aliphatic heterocycles. The summed E-state index contributed by atoms with van der Waals surface area (Å²) >= 11 is 11.9. The van der Waals surface area contributed by atoms with Gasteiger partial charge < -0.3 is 5.32 Å². The summed E-state index contributed by atoms with van der Waals surface area (Å²) in [5.41, 5.74) is -0.222. The minimum atomic E-state index is -3.08. The average Bonchev–Trinajstić information content (AvgIpc) is 2.60. The minimum absolute atomic E-state index is 0.0354. The van der Waals surface area contributed by atoms with Crippen LogP contribution in [0.3, 0.4) is 0 Å². The summed E-state index contributed by atoms with van der Waals surface area (Å²) in [6.45, 7) is 1.98. The van der Waals surface area contributed by atoms with Crippen LogP contribution >= 0.6 is 23.2 Å². The van der Waals surface area contributed by atoms with Crippen LogP contribution in [0.4, 0.5) is 14.5 Å². The van der Waals surface area contributed by atoms with Gasteiger partial charge in [-0.05, 0) is 37.3 Å². The molecule has 0 atom stereocenters. The lowest BCUT2D eigenvalue weighted by atomic mass is 10.1. The van der Waals surface area contributed by atoms with Crippen LogP contribution in [0.2, 0.25) is 10.0 Å². The highest BCUT2D eigenvalue weighted by Gasteiger charge is 2.25. The predicted octanol–water partition coefficient (Wildman–Crippen LogP) is 4.76. The summed E-state index contributed by atoms with van der Waals surface area (Å²) in [5.74, 6) is -3.36. The molecule has 2 aromatic carbocycles. The Morgan fingerprint density at radius 2 is 1.93 bits per heavy atom. The number of fused-ring (bicyclic) bond motifs is 1. The van der Waals surface area contributed by atoms with Crippen molar-refractivity contribution in [3.05, 3.63) is 68.2 Å². The van der Waals surface area contributed by atoms with E-state index in [1.807, 2.05) is 0 Å². The number of hydrogen-bond donors (Lipinski definition) is 1. The van der Waals surface area contributed by atoms with E-state index >= 15 is 0 Å². The second-order valence-electron chi connectivity index (χ2n) is 6.34. The summed E-state index contributed by atoms with van der Waals surface area (Å²) < 4.78 is 28.2. The Morgan fingerprint density at radius 3 is 2.61 bits per heavy atom. The van der Waals surface area contributed by atoms with Gasteiger partial charge in [-0.1, -0.05) is 29.3 Å². The maximum absolute atomic E-state index is 13.5. The number of hydrogen-bond acceptors (Lipinski definition) is 3. The minimum Gasteiger partial charge on any atom is -0.323 e. The molecule has 0 spiro atoms. The summed E-state index contributed by atoms with van der Waals surface area (Å²) in [4.78, 5) is 29.4. The molecular formula is C19H15Cl2F2N3O2. The molecule has 0 saturated heterocycles. The molecule has 0 radical (unpaired) electrons. The van der Waals surface area contributed by atoms with Crippen molar-refractivity contribution in [2.45, 2.75) is 26.3 Å². The molecule has 1 heterocycles. The van der Waals surface area contributed by atoms with Crippen molar-refractivity contribution in [1.29, 1.82) is 0 Å². The molecule has 1 aromatic heterocycles. The molecule has 0 saturated carbocycles. The molecule has 0 bridgehead atoms. The molecule has 1 amide bonds. The number of halogens is 4. The van der Waals surface area contributed by atoms with Crippen molar-refractivity contribution in [2.24, 2.45) is 0 Å². The zero-order chi connectivity index (χ0) is 20.6. The third-order valence-corrected chi connectivity index (χ3v) is 4.72. The van der Waals surface area contributed by atoms with Gasteiger partial charge in [0.15, 0.2) is 0 Å². The van der Waals surface area contributed by atoms with Crippen LogP contribution in [-0.4, -0.2) is 15.5 Å². The van der Waals surface area contributed by atoms with Crippen molar-refractivity contribution >= 4 is 45.7 Å². The monoisotopic (exact) mass is 425 g/mol. The number of aryl methyl sites for hydroxylation is 1. The normalized spacial score (nSPS) is 11.6. The largest absolute Gasteiger partial charge is 0.323 e. The van der Waals surface area contributed by atoms with Crippen LogP contribution in [0.25, 0.3) is 10.9 Å². The highest BCUT2D eigenvalue weighted by atomic mass is 35.5. The predicted molar refractivity (Wildman–Crippen MR) is 105 cm³/mol. The number of carbonyl (C=O) groups excluding carboxylic acids is 1. The van der Waals surface area contributed by atoms with Gasteiger partial charge in [-0.2, -0.15) is 0 Å². The van der Waals surface area contributed by atoms with Gasteiger partial charge in [0.05, 0.1) is 21.6 Å². The third kappa shape index (κ3) is 4.15. The lowest BCUT2D eigenvalue weighted by Crippen LogP contribution is -2.30. The van der Waals surface area contributed by atoms with E-state index in [1.165, 1.54) is 22.8 Å². The molecule has 3 aromatic rings. The zero-order valence-corrected chi connectivity index (χ0v) is 16.4. The number of aromatic nitrogens is 2. The maximum atomic E-state index is 13.5. The molecule has 5 nitrogen and oxygen atoms in total. The second kappa shape index (κ2) is 7.48. The highest BCUT2D eigenvalue weighted by Crippen LogP contribution is 2.32. The van der Waals surface area contributed by atoms with E-state index in [0.29, 0.717) is 16.4 Å². The van der Waals surface area contributed by atoms with Crippen LogP contribution in [-0.2, 0) is 17.3 Å². The Kier molecular flexibility index (Phi) is 5.41. The van der Waals surface area contributed by atoms with Gasteiger partial charge >= 0.3 is 0 Å². The van der Waals surface area contributed by atoms with Gasteiger partial charge in [-0.3, -0.25) is 14.2 Å². The van der Waals surface area contributed by atoms with Crippen molar-refractivity contribution in [2.75, 3.05) is 5.32 Å². The van der Waals surface area contributed by atoms with Gasteiger partial charge in [0, 0.05) is 17.5 Å². The van der Waals surface area contributed by atoms with Crippen LogP contribution < -0.4 is 10.9 Å². The number of rotatable bonds is 4. The molecule has 0 fully saturated rings. The van der Waals surface area contributed by atoms with Crippen molar-refractivity contribution in [1.82, 2.24) is 9.55 Å². The van der Waals surface area contributed by atoms with Gasteiger partial charge in [-0.25, -0.2) is 13.8 Å². The van der Waals surface area contributed by atoms with Crippen LogP contribution in [0.1, 0.15) is 18.3 Å². The fraction of sp³-hybridized carbons (Fsp3) is 0.211. The van der Waals surface area contributed by atoms with E-state index in [-0.39, 0.29) is 28.2 Å². The molecule has 28 heavy (non-hydrogen) atoms. The molecule has 1 N–H and O–H groups in total. The molecule has 0 aliphatic rings. The first-order chi connectivity index (χ1) is 13.1. The van der Waals surface area contributed by atoms with Crippen molar-refractivity contribution in [3.8, 4) is 0 Å². The lowest BCUT2D eigenvalue weighted by Gasteiger charge is -2.15. The molecular weight excluding hydrogens is 411 g/mol. The second-order valence-corrected chi connectivity index (χ2v) is 7.19. The van der Waals surface area contributed by atoms with Gasteiger partial charge in [0.25, 0.3) is 11.5 Å². The topological polar surface area (TPSA) is 64.0 Å². The zero-order valence-electron chi connectivity index (χ0n) is 14.9. The highest BCUT2D eigenvalue weighted by molar-refractivity contribution is 6.33. The number of benzene rings is 2. The van der Waals surface area contributed by atoms with Crippen molar-refractivity contribution < 1.29 is 13.6 Å². The Morgan fingerprint density at radius 1 is 1.21 bits per heavy atom. The van der Waals surface area contributed by atoms with E-state index < -0.39 is 17.4 Å². The number of nitrogens with zero attached hydrogens (tertiary/aromatic N) is 2. The average molecular weight is 426 g/mol. The van der Waals surface area contributed by atoms with E-state index in [9.17, 15) is 18.4 Å².